The first-order valence-corrected chi connectivity index (χ1v) is 6.60. The number of benzene rings is 1. The Morgan fingerprint density at radius 3 is 2.68 bits per heavy atom. The Labute approximate surface area is 129 Å². The van der Waals surface area contributed by atoms with Crippen LogP contribution in [0.4, 0.5) is 13.2 Å². The normalized spacial score (nSPS) is 16.8. The Balaban J connectivity index is 2.65. The molecule has 0 aromatic heterocycles. The first-order chi connectivity index (χ1) is 10.2. The Hall–Kier alpha value is -2.13. The molecular weight excluding hydrogens is 321 g/mol. The van der Waals surface area contributed by atoms with Gasteiger partial charge in [0.15, 0.2) is 0 Å². The number of hydrogen-bond donors (Lipinski definition) is 0. The lowest BCUT2D eigenvalue weighted by atomic mass is 9.99. The van der Waals surface area contributed by atoms with Crippen LogP contribution in [0.2, 0.25) is 5.02 Å². The van der Waals surface area contributed by atoms with E-state index in [0.717, 1.165) is 6.08 Å². The molecule has 0 N–H and O–H groups in total. The second-order valence-corrected chi connectivity index (χ2v) is 4.89. The van der Waals surface area contributed by atoms with Crippen LogP contribution in [0.25, 0.3) is 6.08 Å². The number of carboxylic acids is 1. The summed E-state index contributed by atoms with van der Waals surface area (Å²) in [6.45, 7) is 1.78. The Bertz CT molecular complexity index is 711. The van der Waals surface area contributed by atoms with E-state index >= 15 is 0 Å². The van der Waals surface area contributed by atoms with Gasteiger partial charge in [0.25, 0.3) is 0 Å². The summed E-state index contributed by atoms with van der Waals surface area (Å²) in [6.07, 6.45) is -6.15. The summed E-state index contributed by atoms with van der Waals surface area (Å²) in [5.41, 5.74) is -0.712. The molecule has 0 saturated heterocycles. The number of halogens is 4. The number of carbonyl (C=O) groups is 1. The topological polar surface area (TPSA) is 49.4 Å². The van der Waals surface area contributed by atoms with Crippen LogP contribution in [-0.2, 0) is 4.79 Å². The monoisotopic (exact) mass is 329 g/mol. The third kappa shape index (κ3) is 3.20. The highest BCUT2D eigenvalue weighted by Crippen LogP contribution is 2.40. The average molecular weight is 330 g/mol. The molecule has 3 nitrogen and oxygen atoms in total. The molecule has 7 heteroatoms. The summed E-state index contributed by atoms with van der Waals surface area (Å²) in [6, 6.07) is 2.68. The molecule has 0 fully saturated rings. The minimum Gasteiger partial charge on any atom is -0.545 e. The summed E-state index contributed by atoms with van der Waals surface area (Å²) in [7, 11) is 0. The lowest BCUT2D eigenvalue weighted by molar-refractivity contribution is -0.302. The van der Waals surface area contributed by atoms with Gasteiger partial charge in [-0.3, -0.25) is 0 Å². The van der Waals surface area contributed by atoms with Crippen molar-refractivity contribution < 1.29 is 27.8 Å². The van der Waals surface area contributed by atoms with E-state index in [1.54, 1.807) is 6.92 Å². The van der Waals surface area contributed by atoms with E-state index in [2.05, 4.69) is 11.8 Å². The minimum atomic E-state index is -4.89. The summed E-state index contributed by atoms with van der Waals surface area (Å²) in [5.74, 6) is 3.28. The first-order valence-electron chi connectivity index (χ1n) is 6.22. The van der Waals surface area contributed by atoms with Crippen molar-refractivity contribution in [3.05, 3.63) is 33.9 Å². The average Bonchev–Trinajstić information content (AvgIpc) is 2.42. The Morgan fingerprint density at radius 1 is 1.45 bits per heavy atom. The molecule has 1 aromatic rings. The summed E-state index contributed by atoms with van der Waals surface area (Å²) >= 11 is 5.88. The summed E-state index contributed by atoms with van der Waals surface area (Å²) < 4.78 is 43.8. The largest absolute Gasteiger partial charge is 0.545 e. The SMILES string of the molecule is CCC#Cc1cc(Cl)cc2c1O[C@H](C(F)(F)F)C(C(=O)[O-])=C2. The molecule has 0 spiro atoms. The van der Waals surface area contributed by atoms with Gasteiger partial charge in [-0.05, 0) is 18.2 Å². The standard InChI is InChI=1S/C15H10ClF3O3/c1-2-3-4-8-5-10(16)6-9-7-11(14(20)21)13(15(17,18)19)22-12(8)9/h5-7,13H,2H2,1H3,(H,20,21)/p-1/t13-/m0/s1. The second-order valence-electron chi connectivity index (χ2n) is 4.45. The van der Waals surface area contributed by atoms with Crippen molar-refractivity contribution in [2.45, 2.75) is 25.6 Å². The van der Waals surface area contributed by atoms with E-state index in [4.69, 9.17) is 16.3 Å². The number of ether oxygens (including phenoxy) is 1. The van der Waals surface area contributed by atoms with Gasteiger partial charge >= 0.3 is 6.18 Å². The molecule has 1 atom stereocenters. The van der Waals surface area contributed by atoms with Gasteiger partial charge in [0, 0.05) is 22.6 Å². The highest BCUT2D eigenvalue weighted by Gasteiger charge is 2.46. The van der Waals surface area contributed by atoms with Gasteiger partial charge in [0.1, 0.15) is 5.75 Å². The predicted octanol–water partition coefficient (Wildman–Crippen LogP) is 2.56. The van der Waals surface area contributed by atoms with E-state index < -0.39 is 23.8 Å². The van der Waals surface area contributed by atoms with Gasteiger partial charge in [-0.15, -0.1) is 0 Å². The van der Waals surface area contributed by atoms with Gasteiger partial charge in [-0.2, -0.15) is 13.2 Å². The molecule has 1 aliphatic rings. The van der Waals surface area contributed by atoms with Crippen LogP contribution in [0.1, 0.15) is 24.5 Å². The van der Waals surface area contributed by atoms with Crippen LogP contribution < -0.4 is 9.84 Å². The lowest BCUT2D eigenvalue weighted by Gasteiger charge is -2.30. The lowest BCUT2D eigenvalue weighted by Crippen LogP contribution is -2.44. The van der Waals surface area contributed by atoms with Crippen LogP contribution in [-0.4, -0.2) is 18.2 Å². The van der Waals surface area contributed by atoms with Crippen molar-refractivity contribution in [1.29, 1.82) is 0 Å². The molecule has 1 aliphatic heterocycles. The van der Waals surface area contributed by atoms with Crippen LogP contribution in [0.5, 0.6) is 5.75 Å². The van der Waals surface area contributed by atoms with E-state index in [0.29, 0.717) is 6.42 Å². The maximum absolute atomic E-state index is 13.0. The molecule has 116 valence electrons. The van der Waals surface area contributed by atoms with Crippen molar-refractivity contribution in [3.63, 3.8) is 0 Å². The van der Waals surface area contributed by atoms with Crippen molar-refractivity contribution in [2.75, 3.05) is 0 Å². The first kappa shape index (κ1) is 16.2. The number of rotatable bonds is 1. The van der Waals surface area contributed by atoms with Gasteiger partial charge < -0.3 is 14.6 Å². The Kier molecular flexibility index (Phi) is 4.38. The third-order valence-electron chi connectivity index (χ3n) is 2.84. The molecule has 0 aliphatic carbocycles. The molecule has 0 radical (unpaired) electrons. The number of alkyl halides is 3. The minimum absolute atomic E-state index is 0.118. The van der Waals surface area contributed by atoms with Crippen molar-refractivity contribution in [3.8, 4) is 17.6 Å². The van der Waals surface area contributed by atoms with Crippen LogP contribution >= 0.6 is 11.6 Å². The number of aliphatic carboxylic acids is 1. The zero-order valence-electron chi connectivity index (χ0n) is 11.3. The van der Waals surface area contributed by atoms with Crippen molar-refractivity contribution >= 4 is 23.6 Å². The summed E-state index contributed by atoms with van der Waals surface area (Å²) in [5, 5.41) is 11.2. The second kappa shape index (κ2) is 5.93. The number of carbonyl (C=O) groups excluding carboxylic acids is 1. The van der Waals surface area contributed by atoms with Gasteiger partial charge in [0.2, 0.25) is 6.10 Å². The Morgan fingerprint density at radius 2 is 2.14 bits per heavy atom. The van der Waals surface area contributed by atoms with Crippen molar-refractivity contribution in [2.24, 2.45) is 0 Å². The molecular formula is C15H9ClF3O3-. The van der Waals surface area contributed by atoms with Crippen LogP contribution in [0.3, 0.4) is 0 Å². The molecule has 22 heavy (non-hydrogen) atoms. The predicted molar refractivity (Wildman–Crippen MR) is 72.1 cm³/mol. The fourth-order valence-corrected chi connectivity index (χ4v) is 2.19. The molecule has 0 amide bonds. The van der Waals surface area contributed by atoms with Crippen molar-refractivity contribution in [1.82, 2.24) is 0 Å². The van der Waals surface area contributed by atoms with E-state index in [1.165, 1.54) is 12.1 Å². The molecule has 2 rings (SSSR count). The van der Waals surface area contributed by atoms with Gasteiger partial charge in [-0.1, -0.05) is 30.4 Å². The van der Waals surface area contributed by atoms with Crippen LogP contribution in [0.15, 0.2) is 17.7 Å². The smallest absolute Gasteiger partial charge is 0.429 e. The molecule has 0 bridgehead atoms. The zero-order chi connectivity index (χ0) is 16.5. The van der Waals surface area contributed by atoms with Gasteiger partial charge in [-0.25, -0.2) is 0 Å². The number of fused-ring (bicyclic) bond motifs is 1. The number of carboxylic acid groups (broad SMARTS) is 1. The zero-order valence-corrected chi connectivity index (χ0v) is 12.0. The summed E-state index contributed by atoms with van der Waals surface area (Å²) in [4.78, 5) is 10.9. The maximum Gasteiger partial charge on any atom is 0.429 e. The number of hydrogen-bond acceptors (Lipinski definition) is 3. The van der Waals surface area contributed by atoms with Gasteiger partial charge in [0.05, 0.1) is 11.5 Å². The molecule has 0 unspecified atom stereocenters. The fourth-order valence-electron chi connectivity index (χ4n) is 1.96. The van der Waals surface area contributed by atoms with E-state index in [9.17, 15) is 23.1 Å². The van der Waals surface area contributed by atoms with E-state index in [1.807, 2.05) is 0 Å². The third-order valence-corrected chi connectivity index (χ3v) is 3.06. The molecule has 0 saturated carbocycles. The van der Waals surface area contributed by atoms with Crippen LogP contribution in [0, 0.1) is 11.8 Å². The molecule has 1 aromatic carbocycles. The quantitative estimate of drug-likeness (QED) is 0.744. The van der Waals surface area contributed by atoms with E-state index in [-0.39, 0.29) is 21.9 Å². The highest BCUT2D eigenvalue weighted by atomic mass is 35.5. The maximum atomic E-state index is 13.0. The highest BCUT2D eigenvalue weighted by molar-refractivity contribution is 6.31. The molecule has 1 heterocycles. The fraction of sp³-hybridized carbons (Fsp3) is 0.267.